The Bertz CT molecular complexity index is 352. The third-order valence-electron chi connectivity index (χ3n) is 3.14. The number of aliphatic hydroxyl groups is 1. The van der Waals surface area contributed by atoms with Gasteiger partial charge in [-0.05, 0) is 5.56 Å². The van der Waals surface area contributed by atoms with Crippen LogP contribution in [0.3, 0.4) is 0 Å². The zero-order valence-corrected chi connectivity index (χ0v) is 9.96. The summed E-state index contributed by atoms with van der Waals surface area (Å²) in [6.45, 7) is 6.11. The fourth-order valence-corrected chi connectivity index (χ4v) is 2.10. The maximum absolute atomic E-state index is 9.35. The Morgan fingerprint density at radius 1 is 1.41 bits per heavy atom. The predicted molar refractivity (Wildman–Crippen MR) is 67.7 cm³/mol. The molecule has 2 atom stereocenters. The van der Waals surface area contributed by atoms with Gasteiger partial charge in [-0.2, -0.15) is 0 Å². The van der Waals surface area contributed by atoms with Crippen molar-refractivity contribution in [2.75, 3.05) is 19.8 Å². The van der Waals surface area contributed by atoms with E-state index in [1.54, 1.807) is 0 Å². The van der Waals surface area contributed by atoms with Crippen molar-refractivity contribution in [2.45, 2.75) is 18.7 Å². The molecule has 1 N–H and O–H groups in total. The van der Waals surface area contributed by atoms with E-state index >= 15 is 0 Å². The average molecular weight is 233 g/mol. The third-order valence-corrected chi connectivity index (χ3v) is 3.14. The maximum atomic E-state index is 9.35. The van der Waals surface area contributed by atoms with Gasteiger partial charge in [-0.1, -0.05) is 36.4 Å². The Kier molecular flexibility index (Phi) is 4.31. The van der Waals surface area contributed by atoms with Crippen molar-refractivity contribution in [3.8, 4) is 0 Å². The zero-order valence-electron chi connectivity index (χ0n) is 9.96. The molecule has 0 saturated carbocycles. The molecule has 17 heavy (non-hydrogen) atoms. The minimum Gasteiger partial charge on any atom is -0.395 e. The summed E-state index contributed by atoms with van der Waals surface area (Å²) in [5.74, 6) is 0. The van der Waals surface area contributed by atoms with Gasteiger partial charge in [0.15, 0.2) is 0 Å². The van der Waals surface area contributed by atoms with E-state index in [1.807, 2.05) is 24.3 Å². The number of benzene rings is 1. The molecule has 92 valence electrons. The van der Waals surface area contributed by atoms with Gasteiger partial charge in [0.25, 0.3) is 0 Å². The fourth-order valence-electron chi connectivity index (χ4n) is 2.10. The molecule has 0 unspecified atom stereocenters. The first-order valence-corrected chi connectivity index (χ1v) is 5.96. The monoisotopic (exact) mass is 233 g/mol. The number of rotatable bonds is 4. The van der Waals surface area contributed by atoms with Gasteiger partial charge in [0.2, 0.25) is 0 Å². The first-order valence-electron chi connectivity index (χ1n) is 5.96. The molecule has 1 fully saturated rings. The quantitative estimate of drug-likeness (QED) is 0.799. The van der Waals surface area contributed by atoms with Gasteiger partial charge < -0.3 is 9.84 Å². The summed E-state index contributed by atoms with van der Waals surface area (Å²) in [7, 11) is 0. The lowest BCUT2D eigenvalue weighted by molar-refractivity contribution is -0.0610. The second kappa shape index (κ2) is 5.96. The highest BCUT2D eigenvalue weighted by Crippen LogP contribution is 2.15. The van der Waals surface area contributed by atoms with Crippen molar-refractivity contribution in [1.82, 2.24) is 4.90 Å². The van der Waals surface area contributed by atoms with E-state index in [-0.39, 0.29) is 18.8 Å². The van der Waals surface area contributed by atoms with Gasteiger partial charge in [0.1, 0.15) is 0 Å². The van der Waals surface area contributed by atoms with Gasteiger partial charge in [-0.3, -0.25) is 4.90 Å². The largest absolute Gasteiger partial charge is 0.395 e. The van der Waals surface area contributed by atoms with Crippen LogP contribution in [0.4, 0.5) is 0 Å². The number of hydrogen-bond donors (Lipinski definition) is 1. The number of nitrogens with zero attached hydrogens (tertiary/aromatic N) is 1. The van der Waals surface area contributed by atoms with Gasteiger partial charge >= 0.3 is 0 Å². The van der Waals surface area contributed by atoms with Gasteiger partial charge in [-0.25, -0.2) is 0 Å². The molecular formula is C14H19NO2. The summed E-state index contributed by atoms with van der Waals surface area (Å²) in [6.07, 6.45) is 1.90. The van der Waals surface area contributed by atoms with Crippen molar-refractivity contribution in [2.24, 2.45) is 0 Å². The zero-order chi connectivity index (χ0) is 12.1. The normalized spacial score (nSPS) is 25.7. The lowest BCUT2D eigenvalue weighted by atomic mass is 10.1. The van der Waals surface area contributed by atoms with Crippen molar-refractivity contribution in [3.63, 3.8) is 0 Å². The Hall–Kier alpha value is -1.16. The minimum atomic E-state index is 0.0708. The van der Waals surface area contributed by atoms with Crippen molar-refractivity contribution in [1.29, 1.82) is 0 Å². The van der Waals surface area contributed by atoms with E-state index in [0.29, 0.717) is 6.61 Å². The molecule has 1 aromatic rings. The van der Waals surface area contributed by atoms with Crippen LogP contribution < -0.4 is 0 Å². The topological polar surface area (TPSA) is 32.7 Å². The molecule has 1 aromatic carbocycles. The van der Waals surface area contributed by atoms with Crippen molar-refractivity contribution in [3.05, 3.63) is 48.6 Å². The highest BCUT2D eigenvalue weighted by atomic mass is 16.5. The fraction of sp³-hybridized carbons (Fsp3) is 0.429. The highest BCUT2D eigenvalue weighted by molar-refractivity contribution is 5.14. The van der Waals surface area contributed by atoms with Crippen LogP contribution in [0.5, 0.6) is 0 Å². The Labute approximate surface area is 102 Å². The molecule has 0 amide bonds. The minimum absolute atomic E-state index is 0.0708. The van der Waals surface area contributed by atoms with Crippen LogP contribution in [0.1, 0.15) is 5.56 Å². The molecular weight excluding hydrogens is 214 g/mol. The molecule has 1 saturated heterocycles. The van der Waals surface area contributed by atoms with Crippen LogP contribution in [0, 0.1) is 0 Å². The number of morpholine rings is 1. The molecule has 1 aliphatic rings. The standard InChI is InChI=1S/C14H19NO2/c1-2-14-9-15(13(10-16)11-17-14)8-12-6-4-3-5-7-12/h2-7,13-14,16H,1,8-11H2/t13-,14-/m1/s1. The Balaban J connectivity index is 2.03. The summed E-state index contributed by atoms with van der Waals surface area (Å²) in [5.41, 5.74) is 1.26. The Morgan fingerprint density at radius 3 is 2.82 bits per heavy atom. The van der Waals surface area contributed by atoms with Gasteiger partial charge in [0.05, 0.1) is 25.4 Å². The average Bonchev–Trinajstić information content (AvgIpc) is 2.40. The molecule has 0 bridgehead atoms. The number of hydrogen-bond acceptors (Lipinski definition) is 3. The summed E-state index contributed by atoms with van der Waals surface area (Å²) in [6, 6.07) is 10.4. The molecule has 3 nitrogen and oxygen atoms in total. The van der Waals surface area contributed by atoms with Gasteiger partial charge in [-0.15, -0.1) is 6.58 Å². The lowest BCUT2D eigenvalue weighted by Gasteiger charge is -2.37. The van der Waals surface area contributed by atoms with E-state index in [4.69, 9.17) is 4.74 Å². The van der Waals surface area contributed by atoms with E-state index < -0.39 is 0 Å². The second-order valence-electron chi connectivity index (χ2n) is 4.36. The van der Waals surface area contributed by atoms with Crippen LogP contribution in [-0.2, 0) is 11.3 Å². The summed E-state index contributed by atoms with van der Waals surface area (Å²) < 4.78 is 5.58. The molecule has 1 heterocycles. The van der Waals surface area contributed by atoms with E-state index in [0.717, 1.165) is 13.1 Å². The molecule has 1 aliphatic heterocycles. The van der Waals surface area contributed by atoms with Crippen molar-refractivity contribution < 1.29 is 9.84 Å². The molecule has 0 radical (unpaired) electrons. The molecule has 2 rings (SSSR count). The number of aliphatic hydroxyl groups excluding tert-OH is 1. The van der Waals surface area contributed by atoms with Crippen LogP contribution in [0.2, 0.25) is 0 Å². The van der Waals surface area contributed by atoms with Gasteiger partial charge in [0, 0.05) is 13.1 Å². The summed E-state index contributed by atoms with van der Waals surface area (Å²) in [4.78, 5) is 2.26. The first kappa shape index (κ1) is 12.3. The van der Waals surface area contributed by atoms with Crippen molar-refractivity contribution >= 4 is 0 Å². The van der Waals surface area contributed by atoms with E-state index in [2.05, 4.69) is 23.6 Å². The Morgan fingerprint density at radius 2 is 2.18 bits per heavy atom. The highest BCUT2D eigenvalue weighted by Gasteiger charge is 2.26. The molecule has 0 aliphatic carbocycles. The maximum Gasteiger partial charge on any atom is 0.0881 e. The molecule has 3 heteroatoms. The SMILES string of the molecule is C=C[C@@H]1CN(Cc2ccccc2)[C@H](CO)CO1. The van der Waals surface area contributed by atoms with Crippen LogP contribution >= 0.6 is 0 Å². The predicted octanol–water partition coefficient (Wildman–Crippen LogP) is 1.43. The van der Waals surface area contributed by atoms with Crippen LogP contribution in [-0.4, -0.2) is 41.9 Å². The van der Waals surface area contributed by atoms with E-state index in [9.17, 15) is 5.11 Å². The second-order valence-corrected chi connectivity index (χ2v) is 4.36. The summed E-state index contributed by atoms with van der Waals surface area (Å²) in [5, 5.41) is 9.35. The van der Waals surface area contributed by atoms with Crippen LogP contribution in [0.25, 0.3) is 0 Å². The van der Waals surface area contributed by atoms with Crippen LogP contribution in [0.15, 0.2) is 43.0 Å². The van der Waals surface area contributed by atoms with E-state index in [1.165, 1.54) is 5.56 Å². The molecule has 0 aromatic heterocycles. The first-order chi connectivity index (χ1) is 8.33. The lowest BCUT2D eigenvalue weighted by Crippen LogP contribution is -2.50. The smallest absolute Gasteiger partial charge is 0.0881 e. The molecule has 0 spiro atoms. The number of ether oxygens (including phenoxy) is 1. The third kappa shape index (κ3) is 3.16. The summed E-state index contributed by atoms with van der Waals surface area (Å²) >= 11 is 0.